The maximum absolute atomic E-state index is 12.3. The molecule has 0 saturated carbocycles. The molecule has 0 spiro atoms. The van der Waals surface area contributed by atoms with Crippen LogP contribution in [0, 0.1) is 0 Å². The minimum atomic E-state index is -3.67. The maximum Gasteiger partial charge on any atom is 0.251 e. The van der Waals surface area contributed by atoms with Crippen LogP contribution in [0.5, 0.6) is 5.75 Å². The Hall–Kier alpha value is -2.64. The summed E-state index contributed by atoms with van der Waals surface area (Å²) < 4.78 is 32.3. The van der Waals surface area contributed by atoms with Crippen molar-refractivity contribution in [1.29, 1.82) is 0 Å². The van der Waals surface area contributed by atoms with Gasteiger partial charge in [-0.15, -0.1) is 6.58 Å². The molecule has 2 aromatic carbocycles. The van der Waals surface area contributed by atoms with Crippen molar-refractivity contribution >= 4 is 15.9 Å². The highest BCUT2D eigenvalue weighted by atomic mass is 32.2. The Labute approximate surface area is 166 Å². The van der Waals surface area contributed by atoms with Crippen LogP contribution in [0.2, 0.25) is 0 Å². The summed E-state index contributed by atoms with van der Waals surface area (Å²) in [5.74, 6) is 0.492. The Morgan fingerprint density at radius 1 is 1.18 bits per heavy atom. The molecule has 6 nitrogen and oxygen atoms in total. The van der Waals surface area contributed by atoms with E-state index in [1.807, 2.05) is 38.1 Å². The number of carbonyl (C=O) groups excluding carboxylic acids is 1. The van der Waals surface area contributed by atoms with E-state index in [9.17, 15) is 13.2 Å². The monoisotopic (exact) mass is 402 g/mol. The fourth-order valence-electron chi connectivity index (χ4n) is 2.49. The number of rotatable bonds is 10. The van der Waals surface area contributed by atoms with E-state index in [4.69, 9.17) is 4.74 Å². The summed E-state index contributed by atoms with van der Waals surface area (Å²) >= 11 is 0. The molecule has 150 valence electrons. The van der Waals surface area contributed by atoms with Crippen molar-refractivity contribution in [3.05, 3.63) is 72.3 Å². The van der Waals surface area contributed by atoms with E-state index >= 15 is 0 Å². The third-order valence-electron chi connectivity index (χ3n) is 3.82. The van der Waals surface area contributed by atoms with Crippen molar-refractivity contribution in [1.82, 2.24) is 10.0 Å². The molecule has 0 heterocycles. The van der Waals surface area contributed by atoms with Crippen molar-refractivity contribution < 1.29 is 17.9 Å². The molecule has 0 atom stereocenters. The predicted octanol–water partition coefficient (Wildman–Crippen LogP) is 2.91. The Morgan fingerprint density at radius 3 is 2.54 bits per heavy atom. The van der Waals surface area contributed by atoms with Crippen LogP contribution in [-0.2, 0) is 16.4 Å². The molecule has 2 aromatic rings. The molecular formula is C21H26N2O4S. The van der Waals surface area contributed by atoms with Gasteiger partial charge in [0, 0.05) is 18.7 Å². The average molecular weight is 403 g/mol. The molecule has 2 N–H and O–H groups in total. The second-order valence-electron chi connectivity index (χ2n) is 6.48. The number of sulfonamides is 1. The van der Waals surface area contributed by atoms with Crippen LogP contribution in [0.1, 0.15) is 29.8 Å². The summed E-state index contributed by atoms with van der Waals surface area (Å²) in [6.45, 7) is 7.99. The van der Waals surface area contributed by atoms with Gasteiger partial charge in [-0.05, 0) is 56.2 Å². The summed E-state index contributed by atoms with van der Waals surface area (Å²) in [7, 11) is -3.67. The quantitative estimate of drug-likeness (QED) is 0.599. The van der Waals surface area contributed by atoms with E-state index in [0.717, 1.165) is 11.3 Å². The van der Waals surface area contributed by atoms with Gasteiger partial charge in [0.15, 0.2) is 0 Å². The summed E-state index contributed by atoms with van der Waals surface area (Å²) in [6, 6.07) is 13.7. The zero-order valence-corrected chi connectivity index (χ0v) is 17.0. The molecular weight excluding hydrogens is 376 g/mol. The number of carbonyl (C=O) groups is 1. The lowest BCUT2D eigenvalue weighted by Gasteiger charge is -2.10. The topological polar surface area (TPSA) is 84.5 Å². The van der Waals surface area contributed by atoms with E-state index in [2.05, 4.69) is 16.6 Å². The molecule has 28 heavy (non-hydrogen) atoms. The molecule has 1 amide bonds. The van der Waals surface area contributed by atoms with Crippen LogP contribution in [0.25, 0.3) is 0 Å². The molecule has 0 bridgehead atoms. The first-order valence-corrected chi connectivity index (χ1v) is 10.5. The molecule has 0 radical (unpaired) electrons. The smallest absolute Gasteiger partial charge is 0.251 e. The number of nitrogens with one attached hydrogen (secondary N) is 2. The van der Waals surface area contributed by atoms with E-state index in [1.54, 1.807) is 12.1 Å². The SMILES string of the molecule is C=CCNS(=O)(=O)c1cccc(C(=O)NCCc2ccc(OC(C)C)cc2)c1. The Bertz CT molecular complexity index is 906. The second kappa shape index (κ2) is 10.1. The van der Waals surface area contributed by atoms with Gasteiger partial charge < -0.3 is 10.1 Å². The van der Waals surface area contributed by atoms with E-state index in [0.29, 0.717) is 18.5 Å². The first-order chi connectivity index (χ1) is 13.3. The number of hydrogen-bond acceptors (Lipinski definition) is 4. The molecule has 0 unspecified atom stereocenters. The molecule has 7 heteroatoms. The number of benzene rings is 2. The van der Waals surface area contributed by atoms with Gasteiger partial charge in [-0.2, -0.15) is 0 Å². The molecule has 0 aromatic heterocycles. The standard InChI is InChI=1S/C21H26N2O4S/c1-4-13-23-28(25,26)20-7-5-6-18(15-20)21(24)22-14-12-17-8-10-19(11-9-17)27-16(2)3/h4-11,15-16,23H,1,12-14H2,2-3H3,(H,22,24). The average Bonchev–Trinajstić information content (AvgIpc) is 2.67. The fraction of sp³-hybridized carbons (Fsp3) is 0.286. The zero-order valence-electron chi connectivity index (χ0n) is 16.1. The highest BCUT2D eigenvalue weighted by molar-refractivity contribution is 7.89. The van der Waals surface area contributed by atoms with Gasteiger partial charge >= 0.3 is 0 Å². The van der Waals surface area contributed by atoms with Crippen LogP contribution in [-0.4, -0.2) is 33.5 Å². The van der Waals surface area contributed by atoms with Gasteiger partial charge in [0.2, 0.25) is 10.0 Å². The zero-order chi connectivity index (χ0) is 20.6. The predicted molar refractivity (Wildman–Crippen MR) is 110 cm³/mol. The van der Waals surface area contributed by atoms with Gasteiger partial charge in [-0.1, -0.05) is 24.3 Å². The van der Waals surface area contributed by atoms with Gasteiger partial charge in [-0.3, -0.25) is 4.79 Å². The van der Waals surface area contributed by atoms with Gasteiger partial charge in [0.1, 0.15) is 5.75 Å². The van der Waals surface area contributed by atoms with E-state index in [-0.39, 0.29) is 23.5 Å². The molecule has 0 saturated heterocycles. The second-order valence-corrected chi connectivity index (χ2v) is 8.25. The Balaban J connectivity index is 1.93. The lowest BCUT2D eigenvalue weighted by atomic mass is 10.1. The van der Waals surface area contributed by atoms with Crippen molar-refractivity contribution in [3.8, 4) is 5.75 Å². The summed E-state index contributed by atoms with van der Waals surface area (Å²) in [5, 5.41) is 2.81. The third-order valence-corrected chi connectivity index (χ3v) is 5.24. The molecule has 2 rings (SSSR count). The Morgan fingerprint density at radius 2 is 1.89 bits per heavy atom. The highest BCUT2D eigenvalue weighted by Gasteiger charge is 2.15. The van der Waals surface area contributed by atoms with Crippen LogP contribution in [0.15, 0.2) is 66.1 Å². The number of hydrogen-bond donors (Lipinski definition) is 2. The highest BCUT2D eigenvalue weighted by Crippen LogP contribution is 2.14. The summed E-state index contributed by atoms with van der Waals surface area (Å²) in [5.41, 5.74) is 1.36. The van der Waals surface area contributed by atoms with Gasteiger partial charge in [0.25, 0.3) is 5.91 Å². The van der Waals surface area contributed by atoms with Crippen molar-refractivity contribution in [2.24, 2.45) is 0 Å². The molecule has 0 aliphatic heterocycles. The maximum atomic E-state index is 12.3. The van der Waals surface area contributed by atoms with Gasteiger partial charge in [0.05, 0.1) is 11.0 Å². The number of ether oxygens (including phenoxy) is 1. The van der Waals surface area contributed by atoms with Crippen LogP contribution in [0.3, 0.4) is 0 Å². The van der Waals surface area contributed by atoms with Gasteiger partial charge in [-0.25, -0.2) is 13.1 Å². The van der Waals surface area contributed by atoms with Crippen molar-refractivity contribution in [3.63, 3.8) is 0 Å². The number of amides is 1. The summed E-state index contributed by atoms with van der Waals surface area (Å²) in [6.07, 6.45) is 2.24. The normalized spacial score (nSPS) is 11.2. The van der Waals surface area contributed by atoms with E-state index in [1.165, 1.54) is 18.2 Å². The fourth-order valence-corrected chi connectivity index (χ4v) is 3.53. The minimum absolute atomic E-state index is 0.0442. The van der Waals surface area contributed by atoms with Crippen LogP contribution < -0.4 is 14.8 Å². The van der Waals surface area contributed by atoms with Crippen LogP contribution in [0.4, 0.5) is 0 Å². The first-order valence-electron chi connectivity index (χ1n) is 9.06. The first kappa shape index (κ1) is 21.7. The molecule has 0 aliphatic carbocycles. The third kappa shape index (κ3) is 6.51. The summed E-state index contributed by atoms with van der Waals surface area (Å²) in [4.78, 5) is 12.4. The largest absolute Gasteiger partial charge is 0.491 e. The lowest BCUT2D eigenvalue weighted by molar-refractivity contribution is 0.0954. The molecule has 0 aliphatic rings. The lowest BCUT2D eigenvalue weighted by Crippen LogP contribution is -2.27. The van der Waals surface area contributed by atoms with Crippen molar-refractivity contribution in [2.75, 3.05) is 13.1 Å². The minimum Gasteiger partial charge on any atom is -0.491 e. The van der Waals surface area contributed by atoms with Crippen LogP contribution >= 0.6 is 0 Å². The molecule has 0 fully saturated rings. The Kier molecular flexibility index (Phi) is 7.78. The van der Waals surface area contributed by atoms with Crippen molar-refractivity contribution in [2.45, 2.75) is 31.3 Å². The van der Waals surface area contributed by atoms with E-state index < -0.39 is 10.0 Å².